The summed E-state index contributed by atoms with van der Waals surface area (Å²) >= 11 is 5.02. The Balaban J connectivity index is 2.75. The van der Waals surface area contributed by atoms with Crippen LogP contribution >= 0.6 is 12.2 Å². The predicted octanol–water partition coefficient (Wildman–Crippen LogP) is 1.31. The maximum atomic E-state index is 12.5. The first-order valence-electron chi connectivity index (χ1n) is 6.69. The van der Waals surface area contributed by atoms with E-state index in [0.717, 1.165) is 12.8 Å². The minimum absolute atomic E-state index is 0.0376. The summed E-state index contributed by atoms with van der Waals surface area (Å²) in [7, 11) is 0. The second-order valence-corrected chi connectivity index (χ2v) is 5.79. The van der Waals surface area contributed by atoms with E-state index in [1.165, 1.54) is 6.42 Å². The molecule has 5 heteroatoms. The Hall–Kier alpha value is -0.680. The molecule has 0 bridgehead atoms. The van der Waals surface area contributed by atoms with Gasteiger partial charge in [-0.25, -0.2) is 0 Å². The Morgan fingerprint density at radius 2 is 2.11 bits per heavy atom. The van der Waals surface area contributed by atoms with Gasteiger partial charge in [-0.15, -0.1) is 0 Å². The maximum absolute atomic E-state index is 12.5. The summed E-state index contributed by atoms with van der Waals surface area (Å²) in [4.78, 5) is 14.7. The number of nitrogens with zero attached hydrogens (tertiary/aromatic N) is 1. The highest BCUT2D eigenvalue weighted by Gasteiger charge is 2.35. The van der Waals surface area contributed by atoms with Gasteiger partial charge in [0.15, 0.2) is 0 Å². The van der Waals surface area contributed by atoms with E-state index in [1.54, 1.807) is 0 Å². The van der Waals surface area contributed by atoms with Crippen molar-refractivity contribution in [3.63, 3.8) is 0 Å². The van der Waals surface area contributed by atoms with Crippen LogP contribution in [0.4, 0.5) is 0 Å². The molecule has 1 amide bonds. The maximum Gasteiger partial charge on any atom is 0.233 e. The van der Waals surface area contributed by atoms with E-state index < -0.39 is 0 Å². The molecule has 1 aliphatic rings. The first-order chi connectivity index (χ1) is 8.49. The number of aliphatic hydroxyl groups excluding tert-OH is 1. The molecule has 0 aliphatic heterocycles. The van der Waals surface area contributed by atoms with E-state index in [9.17, 15) is 4.79 Å². The van der Waals surface area contributed by atoms with E-state index in [1.807, 2.05) is 18.7 Å². The second kappa shape index (κ2) is 7.04. The van der Waals surface area contributed by atoms with Crippen LogP contribution in [0, 0.1) is 11.8 Å². The van der Waals surface area contributed by atoms with Crippen molar-refractivity contribution < 1.29 is 9.90 Å². The summed E-state index contributed by atoms with van der Waals surface area (Å²) in [6.45, 7) is 4.64. The lowest BCUT2D eigenvalue weighted by Gasteiger charge is -2.40. The quantitative estimate of drug-likeness (QED) is 0.686. The lowest BCUT2D eigenvalue weighted by molar-refractivity contribution is -0.138. The standard InChI is InChI=1S/C13H24N2O2S/c1-9(2)11(12(14)18)13(17)15(7-4-8-16)10-5-3-6-10/h9-11,16H,3-8H2,1-2H3,(H2,14,18). The number of amides is 1. The summed E-state index contributed by atoms with van der Waals surface area (Å²) in [6.07, 6.45) is 3.90. The van der Waals surface area contributed by atoms with Crippen LogP contribution in [0.2, 0.25) is 0 Å². The van der Waals surface area contributed by atoms with Gasteiger partial charge in [0, 0.05) is 19.2 Å². The third-order valence-corrected chi connectivity index (χ3v) is 3.85. The Kier molecular flexibility index (Phi) is 6.02. The molecule has 1 rings (SSSR count). The Morgan fingerprint density at radius 1 is 1.50 bits per heavy atom. The average molecular weight is 272 g/mol. The molecule has 3 N–H and O–H groups in total. The lowest BCUT2D eigenvalue weighted by Crippen LogP contribution is -2.50. The number of nitrogens with two attached hydrogens (primary N) is 1. The predicted molar refractivity (Wildman–Crippen MR) is 76.2 cm³/mol. The average Bonchev–Trinajstić information content (AvgIpc) is 2.19. The van der Waals surface area contributed by atoms with Crippen LogP contribution in [0.5, 0.6) is 0 Å². The molecule has 1 saturated carbocycles. The number of hydrogen-bond donors (Lipinski definition) is 2. The summed E-state index contributed by atoms with van der Waals surface area (Å²) in [6, 6.07) is 0.319. The van der Waals surface area contributed by atoms with Crippen molar-refractivity contribution in [1.29, 1.82) is 0 Å². The molecule has 1 aliphatic carbocycles. The van der Waals surface area contributed by atoms with Crippen LogP contribution in [-0.2, 0) is 4.79 Å². The third-order valence-electron chi connectivity index (χ3n) is 3.59. The molecular formula is C13H24N2O2S. The van der Waals surface area contributed by atoms with Crippen molar-refractivity contribution in [3.05, 3.63) is 0 Å². The van der Waals surface area contributed by atoms with Gasteiger partial charge in [0.1, 0.15) is 0 Å². The van der Waals surface area contributed by atoms with Crippen molar-refractivity contribution >= 4 is 23.1 Å². The van der Waals surface area contributed by atoms with Gasteiger partial charge in [-0.2, -0.15) is 0 Å². The minimum Gasteiger partial charge on any atom is -0.396 e. The highest BCUT2D eigenvalue weighted by Crippen LogP contribution is 2.27. The van der Waals surface area contributed by atoms with E-state index in [-0.39, 0.29) is 29.3 Å². The van der Waals surface area contributed by atoms with Crippen molar-refractivity contribution in [1.82, 2.24) is 4.90 Å². The molecular weight excluding hydrogens is 248 g/mol. The van der Waals surface area contributed by atoms with Gasteiger partial charge in [0.25, 0.3) is 0 Å². The van der Waals surface area contributed by atoms with Crippen LogP contribution < -0.4 is 5.73 Å². The zero-order valence-electron chi connectivity index (χ0n) is 11.3. The van der Waals surface area contributed by atoms with Gasteiger partial charge in [-0.05, 0) is 31.6 Å². The van der Waals surface area contributed by atoms with Crippen LogP contribution in [0.3, 0.4) is 0 Å². The van der Waals surface area contributed by atoms with Crippen LogP contribution in [-0.4, -0.2) is 40.1 Å². The molecule has 4 nitrogen and oxygen atoms in total. The zero-order chi connectivity index (χ0) is 13.7. The number of rotatable bonds is 7. The minimum atomic E-state index is -0.376. The molecule has 0 aromatic heterocycles. The molecule has 0 aromatic rings. The molecule has 0 spiro atoms. The van der Waals surface area contributed by atoms with Gasteiger partial charge in [-0.3, -0.25) is 4.79 Å². The fraction of sp³-hybridized carbons (Fsp3) is 0.846. The van der Waals surface area contributed by atoms with Crippen LogP contribution in [0.15, 0.2) is 0 Å². The van der Waals surface area contributed by atoms with Crippen molar-refractivity contribution in [2.75, 3.05) is 13.2 Å². The van der Waals surface area contributed by atoms with Gasteiger partial charge in [-0.1, -0.05) is 26.1 Å². The molecule has 18 heavy (non-hydrogen) atoms. The molecule has 104 valence electrons. The smallest absolute Gasteiger partial charge is 0.233 e. The Bertz CT molecular complexity index is 303. The summed E-state index contributed by atoms with van der Waals surface area (Å²) in [5, 5.41) is 8.94. The SMILES string of the molecule is CC(C)C(C(=O)N(CCCO)C1CCC1)C(N)=S. The number of carbonyl (C=O) groups is 1. The van der Waals surface area contributed by atoms with Gasteiger partial charge >= 0.3 is 0 Å². The zero-order valence-corrected chi connectivity index (χ0v) is 12.1. The highest BCUT2D eigenvalue weighted by atomic mass is 32.1. The van der Waals surface area contributed by atoms with Gasteiger partial charge in [0.05, 0.1) is 10.9 Å². The highest BCUT2D eigenvalue weighted by molar-refractivity contribution is 7.80. The fourth-order valence-electron chi connectivity index (χ4n) is 2.33. The topological polar surface area (TPSA) is 66.6 Å². The number of thiocarbonyl (C=S) groups is 1. The Labute approximate surface area is 115 Å². The van der Waals surface area contributed by atoms with Gasteiger partial charge < -0.3 is 15.7 Å². The van der Waals surface area contributed by atoms with Gasteiger partial charge in [0.2, 0.25) is 5.91 Å². The molecule has 1 atom stereocenters. The van der Waals surface area contributed by atoms with E-state index >= 15 is 0 Å². The van der Waals surface area contributed by atoms with Crippen molar-refractivity contribution in [3.8, 4) is 0 Å². The van der Waals surface area contributed by atoms with E-state index in [0.29, 0.717) is 19.0 Å². The van der Waals surface area contributed by atoms with Crippen LogP contribution in [0.1, 0.15) is 39.5 Å². The van der Waals surface area contributed by atoms with E-state index in [2.05, 4.69) is 0 Å². The first-order valence-corrected chi connectivity index (χ1v) is 7.10. The number of hydrogen-bond acceptors (Lipinski definition) is 3. The first kappa shape index (κ1) is 15.4. The molecule has 1 unspecified atom stereocenters. The summed E-state index contributed by atoms with van der Waals surface area (Å²) in [5.41, 5.74) is 5.70. The molecule has 1 fully saturated rings. The van der Waals surface area contributed by atoms with Crippen molar-refractivity contribution in [2.24, 2.45) is 17.6 Å². The largest absolute Gasteiger partial charge is 0.396 e. The monoisotopic (exact) mass is 272 g/mol. The van der Waals surface area contributed by atoms with E-state index in [4.69, 9.17) is 23.1 Å². The normalized spacial score (nSPS) is 17.3. The lowest BCUT2D eigenvalue weighted by atomic mass is 9.88. The molecule has 0 saturated heterocycles. The molecule has 0 aromatic carbocycles. The third kappa shape index (κ3) is 3.65. The number of aliphatic hydroxyl groups is 1. The number of carbonyl (C=O) groups excluding carboxylic acids is 1. The second-order valence-electron chi connectivity index (χ2n) is 5.32. The molecule has 0 radical (unpaired) electrons. The van der Waals surface area contributed by atoms with Crippen molar-refractivity contribution in [2.45, 2.75) is 45.6 Å². The summed E-state index contributed by atoms with van der Waals surface area (Å²) < 4.78 is 0. The fourth-order valence-corrected chi connectivity index (χ4v) is 2.70. The van der Waals surface area contributed by atoms with Crippen LogP contribution in [0.25, 0.3) is 0 Å². The Morgan fingerprint density at radius 3 is 2.44 bits per heavy atom. The molecule has 0 heterocycles. The summed E-state index contributed by atoms with van der Waals surface area (Å²) in [5.74, 6) is -0.221.